The molecule has 1 heterocycles. The van der Waals surface area contributed by atoms with Gasteiger partial charge in [0.1, 0.15) is 23.7 Å². The predicted octanol–water partition coefficient (Wildman–Crippen LogP) is 1.92. The number of ether oxygens (including phenoxy) is 2. The number of amides is 1. The molecule has 6 nitrogen and oxygen atoms in total. The Bertz CT molecular complexity index is 612. The van der Waals surface area contributed by atoms with Gasteiger partial charge >= 0.3 is 6.09 Å². The number of carbonyl (C=O) groups is 1. The number of aromatic nitrogens is 2. The third kappa shape index (κ3) is 2.96. The number of imidazole rings is 1. The quantitative estimate of drug-likeness (QED) is 0.826. The lowest BCUT2D eigenvalue weighted by Crippen LogP contribution is -2.17. The van der Waals surface area contributed by atoms with E-state index < -0.39 is 6.09 Å². The minimum absolute atomic E-state index is 0.188. The molecule has 0 saturated carbocycles. The van der Waals surface area contributed by atoms with Crippen molar-refractivity contribution in [3.05, 3.63) is 24.0 Å². The Balaban J connectivity index is 2.38. The number of rotatable bonds is 6. The van der Waals surface area contributed by atoms with Crippen molar-refractivity contribution in [2.45, 2.75) is 13.0 Å². The number of para-hydroxylation sites is 1. The van der Waals surface area contributed by atoms with Crippen LogP contribution in [0.4, 0.5) is 4.79 Å². The van der Waals surface area contributed by atoms with E-state index >= 15 is 0 Å². The van der Waals surface area contributed by atoms with Crippen LogP contribution in [0.2, 0.25) is 0 Å². The summed E-state index contributed by atoms with van der Waals surface area (Å²) in [5.41, 5.74) is 6.65. The highest BCUT2D eigenvalue weighted by molar-refractivity contribution is 6.17. The molecule has 108 valence electrons. The van der Waals surface area contributed by atoms with Crippen LogP contribution in [0.25, 0.3) is 11.0 Å². The lowest BCUT2D eigenvalue weighted by Gasteiger charge is -2.08. The third-order valence-corrected chi connectivity index (χ3v) is 3.11. The molecule has 1 aromatic heterocycles. The zero-order chi connectivity index (χ0) is 14.5. The molecule has 0 atom stereocenters. The van der Waals surface area contributed by atoms with Crippen LogP contribution in [0, 0.1) is 0 Å². The second-order valence-electron chi connectivity index (χ2n) is 4.11. The van der Waals surface area contributed by atoms with Crippen molar-refractivity contribution in [1.29, 1.82) is 0 Å². The fourth-order valence-electron chi connectivity index (χ4n) is 2.10. The number of nitrogens with zero attached hydrogens (tertiary/aromatic N) is 2. The normalized spacial score (nSPS) is 10.7. The first kappa shape index (κ1) is 14.5. The zero-order valence-corrected chi connectivity index (χ0v) is 11.9. The van der Waals surface area contributed by atoms with E-state index in [4.69, 9.17) is 26.8 Å². The number of alkyl halides is 1. The Morgan fingerprint density at radius 3 is 2.95 bits per heavy atom. The molecular formula is C13H16ClN3O3. The fourth-order valence-corrected chi connectivity index (χ4v) is 2.27. The lowest BCUT2D eigenvalue weighted by molar-refractivity contribution is 0.152. The number of hydrogen-bond donors (Lipinski definition) is 1. The van der Waals surface area contributed by atoms with Gasteiger partial charge < -0.3 is 19.8 Å². The van der Waals surface area contributed by atoms with Gasteiger partial charge in [0.2, 0.25) is 0 Å². The molecule has 0 spiro atoms. The molecule has 0 aliphatic heterocycles. The third-order valence-electron chi connectivity index (χ3n) is 2.92. The van der Waals surface area contributed by atoms with Crippen LogP contribution in [0.15, 0.2) is 18.2 Å². The second-order valence-corrected chi connectivity index (χ2v) is 4.49. The maximum Gasteiger partial charge on any atom is 0.404 e. The largest absolute Gasteiger partial charge is 0.494 e. The Morgan fingerprint density at radius 2 is 2.30 bits per heavy atom. The summed E-state index contributed by atoms with van der Waals surface area (Å²) in [5.74, 6) is 1.99. The maximum atomic E-state index is 10.6. The molecule has 0 bridgehead atoms. The Labute approximate surface area is 121 Å². The van der Waals surface area contributed by atoms with Crippen molar-refractivity contribution in [2.24, 2.45) is 5.73 Å². The van der Waals surface area contributed by atoms with Crippen LogP contribution in [-0.2, 0) is 17.7 Å². The molecule has 2 N–H and O–H groups in total. The van der Waals surface area contributed by atoms with Gasteiger partial charge in [0.25, 0.3) is 0 Å². The van der Waals surface area contributed by atoms with Gasteiger partial charge in [-0.2, -0.15) is 0 Å². The van der Waals surface area contributed by atoms with Crippen LogP contribution in [0.3, 0.4) is 0 Å². The van der Waals surface area contributed by atoms with Gasteiger partial charge in [-0.15, -0.1) is 11.6 Å². The molecule has 0 aliphatic carbocycles. The van der Waals surface area contributed by atoms with E-state index in [0.29, 0.717) is 24.6 Å². The van der Waals surface area contributed by atoms with Crippen molar-refractivity contribution in [3.8, 4) is 5.75 Å². The molecule has 0 fully saturated rings. The van der Waals surface area contributed by atoms with E-state index in [1.807, 2.05) is 22.8 Å². The average molecular weight is 298 g/mol. The SMILES string of the molecule is COc1cccc2c1nc(CCCl)n2CCOC(N)=O. The molecule has 1 aromatic carbocycles. The van der Waals surface area contributed by atoms with Crippen molar-refractivity contribution in [2.75, 3.05) is 19.6 Å². The number of aryl methyl sites for hydroxylation is 1. The van der Waals surface area contributed by atoms with E-state index in [1.165, 1.54) is 0 Å². The number of halogens is 1. The number of carbonyl (C=O) groups excluding carboxylic acids is 1. The molecule has 0 radical (unpaired) electrons. The number of nitrogens with two attached hydrogens (primary N) is 1. The molecule has 2 rings (SSSR count). The van der Waals surface area contributed by atoms with Gasteiger partial charge in [-0.3, -0.25) is 0 Å². The van der Waals surface area contributed by atoms with E-state index in [0.717, 1.165) is 16.9 Å². The maximum absolute atomic E-state index is 10.6. The van der Waals surface area contributed by atoms with Crippen molar-refractivity contribution in [1.82, 2.24) is 9.55 Å². The number of primary amides is 1. The van der Waals surface area contributed by atoms with Crippen LogP contribution < -0.4 is 10.5 Å². The first-order chi connectivity index (χ1) is 9.67. The van der Waals surface area contributed by atoms with E-state index in [9.17, 15) is 4.79 Å². The standard InChI is InChI=1S/C13H16ClN3O3/c1-19-10-4-2-3-9-12(10)16-11(5-6-14)17(9)7-8-20-13(15)18/h2-4H,5-8H2,1H3,(H2,15,18). The smallest absolute Gasteiger partial charge is 0.404 e. The Hall–Kier alpha value is -1.95. The summed E-state index contributed by atoms with van der Waals surface area (Å²) in [7, 11) is 1.60. The summed E-state index contributed by atoms with van der Waals surface area (Å²) >= 11 is 5.80. The molecule has 2 aromatic rings. The van der Waals surface area contributed by atoms with Crippen molar-refractivity contribution >= 4 is 28.7 Å². The Kier molecular flexibility index (Phi) is 4.68. The molecular weight excluding hydrogens is 282 g/mol. The van der Waals surface area contributed by atoms with Crippen LogP contribution >= 0.6 is 11.6 Å². The average Bonchev–Trinajstić information content (AvgIpc) is 2.77. The monoisotopic (exact) mass is 297 g/mol. The lowest BCUT2D eigenvalue weighted by atomic mass is 10.3. The highest BCUT2D eigenvalue weighted by Gasteiger charge is 2.13. The van der Waals surface area contributed by atoms with Crippen molar-refractivity contribution < 1.29 is 14.3 Å². The van der Waals surface area contributed by atoms with Crippen LogP contribution in [0.1, 0.15) is 5.82 Å². The second kappa shape index (κ2) is 6.47. The topological polar surface area (TPSA) is 79.4 Å². The van der Waals surface area contributed by atoms with Gasteiger partial charge in [0.15, 0.2) is 0 Å². The van der Waals surface area contributed by atoms with Gasteiger partial charge in [-0.1, -0.05) is 6.07 Å². The minimum Gasteiger partial charge on any atom is -0.494 e. The predicted molar refractivity (Wildman–Crippen MR) is 76.2 cm³/mol. The van der Waals surface area contributed by atoms with Gasteiger partial charge in [0.05, 0.1) is 19.2 Å². The summed E-state index contributed by atoms with van der Waals surface area (Å²) in [6.07, 6.45) is -0.165. The highest BCUT2D eigenvalue weighted by Crippen LogP contribution is 2.26. The Morgan fingerprint density at radius 1 is 1.50 bits per heavy atom. The molecule has 0 saturated heterocycles. The number of benzene rings is 1. The summed E-state index contributed by atoms with van der Waals surface area (Å²) in [5, 5.41) is 0. The molecule has 0 unspecified atom stereocenters. The van der Waals surface area contributed by atoms with E-state index in [-0.39, 0.29) is 6.61 Å². The van der Waals surface area contributed by atoms with Gasteiger partial charge in [-0.05, 0) is 12.1 Å². The fraction of sp³-hybridized carbons (Fsp3) is 0.385. The van der Waals surface area contributed by atoms with Crippen LogP contribution in [0.5, 0.6) is 5.75 Å². The summed E-state index contributed by atoms with van der Waals surface area (Å²) in [6, 6.07) is 5.68. The van der Waals surface area contributed by atoms with Crippen LogP contribution in [-0.4, -0.2) is 35.2 Å². The minimum atomic E-state index is -0.786. The zero-order valence-electron chi connectivity index (χ0n) is 11.1. The number of hydrogen-bond acceptors (Lipinski definition) is 4. The van der Waals surface area contributed by atoms with E-state index in [1.54, 1.807) is 7.11 Å². The first-order valence-corrected chi connectivity index (χ1v) is 6.71. The van der Waals surface area contributed by atoms with Crippen molar-refractivity contribution in [3.63, 3.8) is 0 Å². The molecule has 20 heavy (non-hydrogen) atoms. The number of methoxy groups -OCH3 is 1. The van der Waals surface area contributed by atoms with Gasteiger partial charge in [0, 0.05) is 12.3 Å². The molecule has 0 aliphatic rings. The van der Waals surface area contributed by atoms with Gasteiger partial charge in [-0.25, -0.2) is 9.78 Å². The number of fused-ring (bicyclic) bond motifs is 1. The summed E-state index contributed by atoms with van der Waals surface area (Å²) in [6.45, 7) is 0.659. The summed E-state index contributed by atoms with van der Waals surface area (Å²) < 4.78 is 12.0. The summed E-state index contributed by atoms with van der Waals surface area (Å²) in [4.78, 5) is 15.2. The highest BCUT2D eigenvalue weighted by atomic mass is 35.5. The first-order valence-electron chi connectivity index (χ1n) is 6.17. The van der Waals surface area contributed by atoms with E-state index in [2.05, 4.69) is 4.98 Å². The molecule has 1 amide bonds. The molecule has 7 heteroatoms.